The smallest absolute Gasteiger partial charge is 0.349 e. The van der Waals surface area contributed by atoms with Crippen LogP contribution >= 0.6 is 0 Å². The maximum atomic E-state index is 12.3. The molecule has 0 spiro atoms. The van der Waals surface area contributed by atoms with Gasteiger partial charge in [-0.3, -0.25) is 4.79 Å². The van der Waals surface area contributed by atoms with Gasteiger partial charge in [0.1, 0.15) is 11.6 Å². The Kier molecular flexibility index (Phi) is 6.94. The normalized spacial score (nSPS) is 11.9. The maximum absolute atomic E-state index is 12.3. The van der Waals surface area contributed by atoms with Gasteiger partial charge < -0.3 is 15.0 Å². The van der Waals surface area contributed by atoms with Gasteiger partial charge in [-0.05, 0) is 55.3 Å². The molecular weight excluding hydrogens is 354 g/mol. The van der Waals surface area contributed by atoms with E-state index in [1.165, 1.54) is 13.0 Å². The number of ether oxygens (including phenoxy) is 1. The van der Waals surface area contributed by atoms with Gasteiger partial charge in [0.05, 0.1) is 0 Å². The summed E-state index contributed by atoms with van der Waals surface area (Å²) in [5.74, 6) is -1.31. The van der Waals surface area contributed by atoms with E-state index in [0.29, 0.717) is 11.3 Å². The summed E-state index contributed by atoms with van der Waals surface area (Å²) in [7, 11) is 3.85. The van der Waals surface area contributed by atoms with Crippen LogP contribution in [0, 0.1) is 18.3 Å². The van der Waals surface area contributed by atoms with Crippen molar-refractivity contribution in [1.82, 2.24) is 0 Å². The molecule has 0 saturated carbocycles. The van der Waals surface area contributed by atoms with E-state index in [1.807, 2.05) is 62.3 Å². The van der Waals surface area contributed by atoms with Crippen LogP contribution in [0.25, 0.3) is 6.08 Å². The molecule has 0 aliphatic heterocycles. The maximum Gasteiger partial charge on any atom is 0.349 e. The summed E-state index contributed by atoms with van der Waals surface area (Å²) in [6.07, 6.45) is 0.397. The number of amides is 1. The quantitative estimate of drug-likeness (QED) is 0.473. The molecule has 0 unspecified atom stereocenters. The molecule has 0 aliphatic rings. The Morgan fingerprint density at radius 1 is 1.18 bits per heavy atom. The summed E-state index contributed by atoms with van der Waals surface area (Å²) in [4.78, 5) is 26.5. The Morgan fingerprint density at radius 3 is 2.43 bits per heavy atom. The zero-order valence-electron chi connectivity index (χ0n) is 16.4. The Morgan fingerprint density at radius 2 is 1.86 bits per heavy atom. The third-order valence-electron chi connectivity index (χ3n) is 4.00. The Balaban J connectivity index is 2.04. The van der Waals surface area contributed by atoms with Crippen molar-refractivity contribution in [1.29, 1.82) is 5.26 Å². The highest BCUT2D eigenvalue weighted by atomic mass is 16.5. The number of nitrogens with zero attached hydrogens (tertiary/aromatic N) is 2. The first-order chi connectivity index (χ1) is 13.3. The van der Waals surface area contributed by atoms with Gasteiger partial charge in [-0.25, -0.2) is 4.79 Å². The van der Waals surface area contributed by atoms with E-state index < -0.39 is 18.0 Å². The molecule has 0 aromatic heterocycles. The average molecular weight is 377 g/mol. The molecule has 6 nitrogen and oxygen atoms in total. The first kappa shape index (κ1) is 20.7. The molecule has 0 fully saturated rings. The number of nitrogens with one attached hydrogen (secondary N) is 1. The standard InChI is InChI=1S/C22H23N3O3/c1-15-6-5-7-19(12-15)24-21(26)16(2)28-22(27)18(14-23)13-17-8-10-20(11-9-17)25(3)4/h5-13,16H,1-4H3,(H,24,26)/b18-13+/t16-/m1/s1. The number of carbonyl (C=O) groups excluding carboxylic acids is 2. The van der Waals surface area contributed by atoms with Crippen molar-refractivity contribution >= 4 is 29.3 Å². The number of carbonyl (C=O) groups is 2. The van der Waals surface area contributed by atoms with E-state index in [9.17, 15) is 14.9 Å². The number of hydrogen-bond donors (Lipinski definition) is 1. The van der Waals surface area contributed by atoms with Crippen LogP contribution in [-0.4, -0.2) is 32.1 Å². The lowest BCUT2D eigenvalue weighted by molar-refractivity contribution is -0.148. The average Bonchev–Trinajstić information content (AvgIpc) is 2.66. The van der Waals surface area contributed by atoms with Crippen LogP contribution in [0.4, 0.5) is 11.4 Å². The molecule has 144 valence electrons. The predicted molar refractivity (Wildman–Crippen MR) is 110 cm³/mol. The van der Waals surface area contributed by atoms with E-state index in [-0.39, 0.29) is 5.57 Å². The molecule has 1 amide bonds. The fourth-order valence-corrected chi connectivity index (χ4v) is 2.42. The zero-order valence-corrected chi connectivity index (χ0v) is 16.4. The number of esters is 1. The number of aryl methyl sites for hydroxylation is 1. The second-order valence-corrected chi connectivity index (χ2v) is 6.56. The zero-order chi connectivity index (χ0) is 20.7. The van der Waals surface area contributed by atoms with Crippen LogP contribution in [-0.2, 0) is 14.3 Å². The number of rotatable bonds is 6. The largest absolute Gasteiger partial charge is 0.448 e. The van der Waals surface area contributed by atoms with Crippen molar-refractivity contribution in [3.8, 4) is 6.07 Å². The number of benzene rings is 2. The van der Waals surface area contributed by atoms with E-state index in [1.54, 1.807) is 18.2 Å². The molecule has 0 aliphatic carbocycles. The number of anilines is 2. The molecule has 28 heavy (non-hydrogen) atoms. The van der Waals surface area contributed by atoms with Crippen LogP contribution in [0.5, 0.6) is 0 Å². The van der Waals surface area contributed by atoms with Crippen molar-refractivity contribution in [2.24, 2.45) is 0 Å². The number of hydrogen-bond acceptors (Lipinski definition) is 5. The Labute approximate surface area is 165 Å². The van der Waals surface area contributed by atoms with E-state index in [0.717, 1.165) is 11.3 Å². The van der Waals surface area contributed by atoms with Crippen LogP contribution in [0.1, 0.15) is 18.1 Å². The minimum Gasteiger partial charge on any atom is -0.448 e. The first-order valence-electron chi connectivity index (χ1n) is 8.78. The molecular formula is C22H23N3O3. The minimum absolute atomic E-state index is 0.173. The topological polar surface area (TPSA) is 82.4 Å². The van der Waals surface area contributed by atoms with Gasteiger partial charge in [-0.15, -0.1) is 0 Å². The highest BCUT2D eigenvalue weighted by Gasteiger charge is 2.20. The van der Waals surface area contributed by atoms with Crippen molar-refractivity contribution in [3.63, 3.8) is 0 Å². The van der Waals surface area contributed by atoms with Crippen LogP contribution in [0.15, 0.2) is 54.1 Å². The highest BCUT2D eigenvalue weighted by molar-refractivity contribution is 6.01. The lowest BCUT2D eigenvalue weighted by Crippen LogP contribution is -2.30. The Hall–Kier alpha value is -3.59. The van der Waals surface area contributed by atoms with Crippen LogP contribution in [0.3, 0.4) is 0 Å². The summed E-state index contributed by atoms with van der Waals surface area (Å²) >= 11 is 0. The third kappa shape index (κ3) is 5.71. The Bertz CT molecular complexity index is 925. The second-order valence-electron chi connectivity index (χ2n) is 6.56. The van der Waals surface area contributed by atoms with Gasteiger partial charge in [0.15, 0.2) is 6.10 Å². The van der Waals surface area contributed by atoms with Crippen LogP contribution in [0.2, 0.25) is 0 Å². The fraction of sp³-hybridized carbons (Fsp3) is 0.227. The van der Waals surface area contributed by atoms with Crippen molar-refractivity contribution < 1.29 is 14.3 Å². The van der Waals surface area contributed by atoms with Crippen molar-refractivity contribution in [2.45, 2.75) is 20.0 Å². The summed E-state index contributed by atoms with van der Waals surface area (Å²) in [6.45, 7) is 3.37. The molecule has 0 saturated heterocycles. The SMILES string of the molecule is Cc1cccc(NC(=O)[C@@H](C)OC(=O)/C(C#N)=C/c2ccc(N(C)C)cc2)c1. The monoisotopic (exact) mass is 377 g/mol. The van der Waals surface area contributed by atoms with Gasteiger partial charge in [0, 0.05) is 25.5 Å². The predicted octanol–water partition coefficient (Wildman–Crippen LogP) is 3.54. The highest BCUT2D eigenvalue weighted by Crippen LogP contribution is 2.16. The van der Waals surface area contributed by atoms with Crippen molar-refractivity contribution in [2.75, 3.05) is 24.3 Å². The van der Waals surface area contributed by atoms with Crippen LogP contribution < -0.4 is 10.2 Å². The molecule has 0 bridgehead atoms. The summed E-state index contributed by atoms with van der Waals surface area (Å²) in [5, 5.41) is 12.0. The molecule has 1 N–H and O–H groups in total. The fourth-order valence-electron chi connectivity index (χ4n) is 2.42. The van der Waals surface area contributed by atoms with E-state index in [2.05, 4.69) is 5.32 Å². The lowest BCUT2D eigenvalue weighted by atomic mass is 10.1. The second kappa shape index (κ2) is 9.38. The van der Waals surface area contributed by atoms with Gasteiger partial charge in [-0.1, -0.05) is 24.3 Å². The molecule has 6 heteroatoms. The third-order valence-corrected chi connectivity index (χ3v) is 4.00. The molecule has 2 rings (SSSR count). The molecule has 0 heterocycles. The molecule has 2 aromatic carbocycles. The molecule has 1 atom stereocenters. The first-order valence-corrected chi connectivity index (χ1v) is 8.78. The van der Waals surface area contributed by atoms with E-state index in [4.69, 9.17) is 4.74 Å². The van der Waals surface area contributed by atoms with Gasteiger partial charge in [0.2, 0.25) is 0 Å². The summed E-state index contributed by atoms with van der Waals surface area (Å²) in [6, 6.07) is 16.5. The molecule has 0 radical (unpaired) electrons. The van der Waals surface area contributed by atoms with Gasteiger partial charge in [-0.2, -0.15) is 5.26 Å². The van der Waals surface area contributed by atoms with E-state index >= 15 is 0 Å². The van der Waals surface area contributed by atoms with Gasteiger partial charge >= 0.3 is 5.97 Å². The lowest BCUT2D eigenvalue weighted by Gasteiger charge is -2.14. The summed E-state index contributed by atoms with van der Waals surface area (Å²) < 4.78 is 5.15. The van der Waals surface area contributed by atoms with Crippen molar-refractivity contribution in [3.05, 3.63) is 65.2 Å². The number of nitriles is 1. The molecule has 2 aromatic rings. The van der Waals surface area contributed by atoms with Gasteiger partial charge in [0.25, 0.3) is 5.91 Å². The minimum atomic E-state index is -1.04. The summed E-state index contributed by atoms with van der Waals surface area (Å²) in [5.41, 5.74) is 3.13.